The Kier molecular flexibility index (Phi) is 3.80. The highest BCUT2D eigenvalue weighted by Crippen LogP contribution is 2.16. The van der Waals surface area contributed by atoms with Crippen molar-refractivity contribution in [3.63, 3.8) is 0 Å². The number of carbonyl (C=O) groups is 1. The minimum absolute atomic E-state index is 0.0746. The minimum Gasteiger partial charge on any atom is -0.478 e. The van der Waals surface area contributed by atoms with Crippen molar-refractivity contribution in [1.82, 2.24) is 19.7 Å². The molecule has 2 heterocycles. The van der Waals surface area contributed by atoms with E-state index in [0.29, 0.717) is 24.5 Å². The standard InChI is InChI=1S/C12H13ClN4O2/c1-3-9-15-10(4-2)17(16-9)11-6-7(12(18)19)5-8(13)14-11/h5-6H,3-4H2,1-2H3,(H,18,19). The third-order valence-corrected chi connectivity index (χ3v) is 2.79. The average molecular weight is 281 g/mol. The fourth-order valence-electron chi connectivity index (χ4n) is 1.67. The number of rotatable bonds is 4. The normalized spacial score (nSPS) is 10.7. The molecule has 1 N–H and O–H groups in total. The topological polar surface area (TPSA) is 80.9 Å². The van der Waals surface area contributed by atoms with Gasteiger partial charge in [0.05, 0.1) is 5.56 Å². The molecule has 0 atom stereocenters. The molecule has 100 valence electrons. The van der Waals surface area contributed by atoms with Gasteiger partial charge in [-0.15, -0.1) is 5.10 Å². The van der Waals surface area contributed by atoms with Gasteiger partial charge in [-0.1, -0.05) is 25.4 Å². The van der Waals surface area contributed by atoms with E-state index >= 15 is 0 Å². The van der Waals surface area contributed by atoms with Crippen LogP contribution in [0, 0.1) is 0 Å². The first-order valence-corrected chi connectivity index (χ1v) is 6.29. The summed E-state index contributed by atoms with van der Waals surface area (Å²) in [4.78, 5) is 19.5. The first-order chi connectivity index (χ1) is 9.05. The van der Waals surface area contributed by atoms with Gasteiger partial charge in [-0.25, -0.2) is 14.8 Å². The smallest absolute Gasteiger partial charge is 0.335 e. The van der Waals surface area contributed by atoms with Crippen LogP contribution in [-0.4, -0.2) is 30.8 Å². The molecule has 0 fully saturated rings. The first-order valence-electron chi connectivity index (χ1n) is 5.91. The monoisotopic (exact) mass is 280 g/mol. The Balaban J connectivity index is 2.57. The number of carboxylic acid groups (broad SMARTS) is 1. The predicted octanol–water partition coefficient (Wildman–Crippen LogP) is 2.14. The number of pyridine rings is 1. The van der Waals surface area contributed by atoms with Gasteiger partial charge < -0.3 is 5.11 Å². The number of hydrogen-bond donors (Lipinski definition) is 1. The summed E-state index contributed by atoms with van der Waals surface area (Å²) in [6, 6.07) is 2.73. The maximum Gasteiger partial charge on any atom is 0.335 e. The van der Waals surface area contributed by atoms with E-state index in [1.54, 1.807) is 0 Å². The number of aryl methyl sites for hydroxylation is 2. The highest BCUT2D eigenvalue weighted by Gasteiger charge is 2.14. The van der Waals surface area contributed by atoms with Crippen molar-refractivity contribution < 1.29 is 9.90 Å². The van der Waals surface area contributed by atoms with Gasteiger partial charge in [0.25, 0.3) is 0 Å². The Bertz CT molecular complexity index is 624. The Morgan fingerprint density at radius 3 is 2.63 bits per heavy atom. The molecule has 0 aromatic carbocycles. The molecule has 0 radical (unpaired) electrons. The number of aromatic carboxylic acids is 1. The second-order valence-electron chi connectivity index (χ2n) is 3.91. The van der Waals surface area contributed by atoms with E-state index in [4.69, 9.17) is 16.7 Å². The molecule has 0 aliphatic heterocycles. The fourth-order valence-corrected chi connectivity index (χ4v) is 1.87. The zero-order valence-electron chi connectivity index (χ0n) is 10.6. The Labute approximate surface area is 115 Å². The average Bonchev–Trinajstić information content (AvgIpc) is 2.81. The summed E-state index contributed by atoms with van der Waals surface area (Å²) in [5, 5.41) is 13.4. The lowest BCUT2D eigenvalue weighted by Crippen LogP contribution is -2.07. The van der Waals surface area contributed by atoms with Crippen molar-refractivity contribution in [2.45, 2.75) is 26.7 Å². The lowest BCUT2D eigenvalue weighted by molar-refractivity contribution is 0.0696. The van der Waals surface area contributed by atoms with Gasteiger partial charge in [-0.05, 0) is 12.1 Å². The Morgan fingerprint density at radius 1 is 1.32 bits per heavy atom. The highest BCUT2D eigenvalue weighted by atomic mass is 35.5. The van der Waals surface area contributed by atoms with Crippen LogP contribution in [0.1, 0.15) is 35.9 Å². The van der Waals surface area contributed by atoms with Crippen LogP contribution < -0.4 is 0 Å². The molecule has 2 rings (SSSR count). The predicted molar refractivity (Wildman–Crippen MR) is 69.9 cm³/mol. The van der Waals surface area contributed by atoms with Crippen LogP contribution in [0.15, 0.2) is 12.1 Å². The summed E-state index contributed by atoms with van der Waals surface area (Å²) in [7, 11) is 0. The molecule has 7 heteroatoms. The quantitative estimate of drug-likeness (QED) is 0.868. The van der Waals surface area contributed by atoms with Crippen LogP contribution in [0.4, 0.5) is 0 Å². The number of carboxylic acids is 1. The minimum atomic E-state index is -1.06. The second-order valence-corrected chi connectivity index (χ2v) is 4.29. The van der Waals surface area contributed by atoms with E-state index in [2.05, 4.69) is 15.1 Å². The molecule has 6 nitrogen and oxygen atoms in total. The van der Waals surface area contributed by atoms with Crippen LogP contribution in [0.3, 0.4) is 0 Å². The molecule has 0 bridgehead atoms. The van der Waals surface area contributed by atoms with E-state index in [-0.39, 0.29) is 10.7 Å². The zero-order valence-corrected chi connectivity index (χ0v) is 11.3. The van der Waals surface area contributed by atoms with E-state index in [0.717, 1.165) is 5.82 Å². The van der Waals surface area contributed by atoms with Gasteiger partial charge in [0.1, 0.15) is 11.0 Å². The lowest BCUT2D eigenvalue weighted by atomic mass is 10.2. The highest BCUT2D eigenvalue weighted by molar-refractivity contribution is 6.29. The van der Waals surface area contributed by atoms with Crippen molar-refractivity contribution >= 4 is 17.6 Å². The van der Waals surface area contributed by atoms with Gasteiger partial charge >= 0.3 is 5.97 Å². The molecule has 0 aliphatic rings. The Morgan fingerprint density at radius 2 is 2.05 bits per heavy atom. The summed E-state index contributed by atoms with van der Waals surface area (Å²) in [5.74, 6) is 0.729. The molecular formula is C12H13ClN4O2. The maximum atomic E-state index is 11.0. The zero-order chi connectivity index (χ0) is 14.0. The molecule has 2 aromatic rings. The molecule has 0 unspecified atom stereocenters. The van der Waals surface area contributed by atoms with Gasteiger partial charge in [0.15, 0.2) is 11.6 Å². The SMILES string of the molecule is CCc1nc(CC)n(-c2cc(C(=O)O)cc(Cl)n2)n1. The summed E-state index contributed by atoms with van der Waals surface area (Å²) in [5.41, 5.74) is 0.0746. The summed E-state index contributed by atoms with van der Waals surface area (Å²) < 4.78 is 1.54. The van der Waals surface area contributed by atoms with Crippen molar-refractivity contribution in [2.75, 3.05) is 0 Å². The molecule has 2 aromatic heterocycles. The molecule has 0 aliphatic carbocycles. The number of aromatic nitrogens is 4. The lowest BCUT2D eigenvalue weighted by Gasteiger charge is -2.05. The third kappa shape index (κ3) is 2.73. The molecule has 0 amide bonds. The fraction of sp³-hybridized carbons (Fsp3) is 0.333. The van der Waals surface area contributed by atoms with Gasteiger partial charge in [-0.2, -0.15) is 4.68 Å². The first kappa shape index (κ1) is 13.5. The molecule has 0 spiro atoms. The Hall–Kier alpha value is -1.95. The van der Waals surface area contributed by atoms with Gasteiger partial charge in [0, 0.05) is 12.8 Å². The number of halogens is 1. The van der Waals surface area contributed by atoms with E-state index in [1.165, 1.54) is 16.8 Å². The third-order valence-electron chi connectivity index (χ3n) is 2.60. The summed E-state index contributed by atoms with van der Waals surface area (Å²) in [6.07, 6.45) is 1.37. The van der Waals surface area contributed by atoms with E-state index in [1.807, 2.05) is 13.8 Å². The van der Waals surface area contributed by atoms with Crippen molar-refractivity contribution in [3.05, 3.63) is 34.5 Å². The maximum absolute atomic E-state index is 11.0. The summed E-state index contributed by atoms with van der Waals surface area (Å²) in [6.45, 7) is 3.90. The van der Waals surface area contributed by atoms with Gasteiger partial charge in [-0.3, -0.25) is 0 Å². The van der Waals surface area contributed by atoms with Gasteiger partial charge in [0.2, 0.25) is 0 Å². The van der Waals surface area contributed by atoms with Crippen LogP contribution in [0.25, 0.3) is 5.82 Å². The van der Waals surface area contributed by atoms with Crippen molar-refractivity contribution in [3.8, 4) is 5.82 Å². The van der Waals surface area contributed by atoms with E-state index < -0.39 is 5.97 Å². The number of nitrogens with zero attached hydrogens (tertiary/aromatic N) is 4. The van der Waals surface area contributed by atoms with Crippen LogP contribution in [0.5, 0.6) is 0 Å². The van der Waals surface area contributed by atoms with Crippen molar-refractivity contribution in [1.29, 1.82) is 0 Å². The second kappa shape index (κ2) is 5.36. The molecule has 0 saturated carbocycles. The summed E-state index contributed by atoms with van der Waals surface area (Å²) >= 11 is 5.84. The van der Waals surface area contributed by atoms with E-state index in [9.17, 15) is 4.79 Å². The molecule has 19 heavy (non-hydrogen) atoms. The molecular weight excluding hydrogens is 268 g/mol. The van der Waals surface area contributed by atoms with Crippen LogP contribution in [-0.2, 0) is 12.8 Å². The molecule has 0 saturated heterocycles. The van der Waals surface area contributed by atoms with Crippen LogP contribution in [0.2, 0.25) is 5.15 Å². The van der Waals surface area contributed by atoms with Crippen molar-refractivity contribution in [2.24, 2.45) is 0 Å². The van der Waals surface area contributed by atoms with Crippen LogP contribution >= 0.6 is 11.6 Å². The number of hydrogen-bond acceptors (Lipinski definition) is 4. The largest absolute Gasteiger partial charge is 0.478 e.